The molecule has 0 spiro atoms. The Balaban J connectivity index is 1.86. The molecule has 0 fully saturated rings. The van der Waals surface area contributed by atoms with Crippen LogP contribution in [0.2, 0.25) is 10.0 Å². The largest absolute Gasteiger partial charge is 0.505 e. The molecule has 38 heavy (non-hydrogen) atoms. The van der Waals surface area contributed by atoms with Gasteiger partial charge in [0, 0.05) is 16.5 Å². The minimum absolute atomic E-state index is 0.0149. The zero-order valence-electron chi connectivity index (χ0n) is 20.1. The number of nitrogens with one attached hydrogen (secondary N) is 1. The van der Waals surface area contributed by atoms with Crippen molar-refractivity contribution in [2.75, 3.05) is 12.4 Å². The van der Waals surface area contributed by atoms with E-state index in [2.05, 4.69) is 15.5 Å². The molecule has 0 unspecified atom stereocenters. The van der Waals surface area contributed by atoms with E-state index < -0.39 is 26.7 Å². The maximum atomic E-state index is 13.2. The number of rotatable bonds is 7. The lowest BCUT2D eigenvalue weighted by Gasteiger charge is -2.13. The van der Waals surface area contributed by atoms with Gasteiger partial charge in [0.25, 0.3) is 16.0 Å². The number of hydrogen-bond acceptors (Lipinski definition) is 7. The Morgan fingerprint density at radius 1 is 1.03 bits per heavy atom. The van der Waals surface area contributed by atoms with Crippen LogP contribution in [0.5, 0.6) is 11.5 Å². The number of halogens is 2. The number of azo groups is 1. The molecular weight excluding hydrogens is 553 g/mol. The van der Waals surface area contributed by atoms with E-state index >= 15 is 0 Å². The van der Waals surface area contributed by atoms with Crippen molar-refractivity contribution < 1.29 is 27.6 Å². The molecule has 12 heteroatoms. The number of anilines is 1. The van der Waals surface area contributed by atoms with Gasteiger partial charge < -0.3 is 15.2 Å². The maximum absolute atomic E-state index is 13.2. The molecule has 0 saturated heterocycles. The van der Waals surface area contributed by atoms with E-state index in [4.69, 9.17) is 27.9 Å². The number of methoxy groups -OCH3 is 1. The second-order valence-electron chi connectivity index (χ2n) is 8.06. The highest BCUT2D eigenvalue weighted by molar-refractivity contribution is 7.86. The smallest absolute Gasteiger partial charge is 0.296 e. The molecule has 1 amide bonds. The maximum Gasteiger partial charge on any atom is 0.296 e. The monoisotopic (exact) mass is 573 g/mol. The van der Waals surface area contributed by atoms with E-state index in [1.54, 1.807) is 36.4 Å². The van der Waals surface area contributed by atoms with Crippen LogP contribution in [0.1, 0.15) is 22.8 Å². The van der Waals surface area contributed by atoms with Crippen molar-refractivity contribution in [3.05, 3.63) is 81.8 Å². The van der Waals surface area contributed by atoms with Crippen LogP contribution in [-0.2, 0) is 16.5 Å². The van der Waals surface area contributed by atoms with Gasteiger partial charge in [-0.25, -0.2) is 0 Å². The fourth-order valence-electron chi connectivity index (χ4n) is 3.81. The highest BCUT2D eigenvalue weighted by Gasteiger charge is 2.22. The molecule has 0 saturated carbocycles. The molecule has 0 aliphatic rings. The third-order valence-electron chi connectivity index (χ3n) is 5.72. The fourth-order valence-corrected chi connectivity index (χ4v) is 4.99. The molecule has 4 aromatic rings. The lowest BCUT2D eigenvalue weighted by molar-refractivity contribution is 0.102. The summed E-state index contributed by atoms with van der Waals surface area (Å²) in [5.41, 5.74) is 0.372. The Morgan fingerprint density at radius 2 is 1.74 bits per heavy atom. The lowest BCUT2D eigenvalue weighted by Crippen LogP contribution is -2.13. The summed E-state index contributed by atoms with van der Waals surface area (Å²) in [7, 11) is -3.27. The van der Waals surface area contributed by atoms with Crippen LogP contribution in [0.15, 0.2) is 75.8 Å². The highest BCUT2D eigenvalue weighted by Crippen LogP contribution is 2.42. The van der Waals surface area contributed by atoms with E-state index in [9.17, 15) is 22.9 Å². The Labute approximate surface area is 228 Å². The summed E-state index contributed by atoms with van der Waals surface area (Å²) in [6, 6.07) is 15.6. The lowest BCUT2D eigenvalue weighted by atomic mass is 10.0. The molecule has 0 bridgehead atoms. The van der Waals surface area contributed by atoms with Crippen LogP contribution in [-0.4, -0.2) is 31.1 Å². The number of hydrogen-bond donors (Lipinski definition) is 3. The predicted molar refractivity (Wildman–Crippen MR) is 146 cm³/mol. The van der Waals surface area contributed by atoms with Crippen LogP contribution in [0.25, 0.3) is 10.8 Å². The first-order valence-corrected chi connectivity index (χ1v) is 13.3. The molecule has 0 heterocycles. The summed E-state index contributed by atoms with van der Waals surface area (Å²) in [6.07, 6.45) is 0.463. The standard InChI is InChI=1S/C26H21Cl2N3O6S/c1-3-14-8-11-21(38(34,35)36)24(22(14)28)31-30-23-17-7-5-4-6-15(17)12-18(25(23)32)26(33)29-19-10-9-16(27)13-20(19)37-2/h4-13,32H,3H2,1-2H3,(H,29,33)(H,34,35,36). The average Bonchev–Trinajstić information content (AvgIpc) is 2.88. The first-order chi connectivity index (χ1) is 18.0. The van der Waals surface area contributed by atoms with Gasteiger partial charge in [0.05, 0.1) is 23.4 Å². The number of aromatic hydroxyl groups is 1. The van der Waals surface area contributed by atoms with Crippen molar-refractivity contribution in [2.24, 2.45) is 10.2 Å². The number of carbonyl (C=O) groups excluding carboxylic acids is 1. The van der Waals surface area contributed by atoms with Gasteiger partial charge in [0.2, 0.25) is 0 Å². The molecule has 0 aromatic heterocycles. The molecule has 0 atom stereocenters. The van der Waals surface area contributed by atoms with E-state index in [0.717, 1.165) is 0 Å². The molecule has 4 rings (SSSR count). The first-order valence-electron chi connectivity index (χ1n) is 11.1. The van der Waals surface area contributed by atoms with Gasteiger partial charge in [-0.2, -0.15) is 8.42 Å². The van der Waals surface area contributed by atoms with Crippen LogP contribution >= 0.6 is 23.2 Å². The zero-order valence-corrected chi connectivity index (χ0v) is 22.4. The summed E-state index contributed by atoms with van der Waals surface area (Å²) in [6.45, 7) is 1.81. The van der Waals surface area contributed by atoms with Gasteiger partial charge in [-0.05, 0) is 41.6 Å². The summed E-state index contributed by atoms with van der Waals surface area (Å²) >= 11 is 12.4. The van der Waals surface area contributed by atoms with Crippen molar-refractivity contribution in [1.82, 2.24) is 0 Å². The Bertz CT molecular complexity index is 1710. The minimum Gasteiger partial charge on any atom is -0.505 e. The number of benzene rings is 4. The molecule has 3 N–H and O–H groups in total. The van der Waals surface area contributed by atoms with Gasteiger partial charge in [0.15, 0.2) is 5.75 Å². The molecule has 4 aromatic carbocycles. The summed E-state index contributed by atoms with van der Waals surface area (Å²) in [5, 5.41) is 23.3. The second kappa shape index (κ2) is 11.0. The van der Waals surface area contributed by atoms with Crippen LogP contribution < -0.4 is 10.1 Å². The topological polar surface area (TPSA) is 138 Å². The minimum atomic E-state index is -4.69. The van der Waals surface area contributed by atoms with Gasteiger partial charge >= 0.3 is 0 Å². The van der Waals surface area contributed by atoms with Gasteiger partial charge in [-0.15, -0.1) is 10.2 Å². The average molecular weight is 574 g/mol. The predicted octanol–water partition coefficient (Wildman–Crippen LogP) is 7.34. The third kappa shape index (κ3) is 5.44. The van der Waals surface area contributed by atoms with Crippen molar-refractivity contribution in [1.29, 1.82) is 0 Å². The van der Waals surface area contributed by atoms with Crippen molar-refractivity contribution in [3.8, 4) is 11.5 Å². The van der Waals surface area contributed by atoms with Gasteiger partial charge in [0.1, 0.15) is 22.0 Å². The van der Waals surface area contributed by atoms with Crippen LogP contribution in [0.3, 0.4) is 0 Å². The zero-order chi connectivity index (χ0) is 27.6. The van der Waals surface area contributed by atoms with E-state index in [-0.39, 0.29) is 22.0 Å². The molecule has 0 aliphatic heterocycles. The van der Waals surface area contributed by atoms with Gasteiger partial charge in [-0.3, -0.25) is 9.35 Å². The van der Waals surface area contributed by atoms with E-state index in [1.807, 2.05) is 6.92 Å². The molecule has 196 valence electrons. The van der Waals surface area contributed by atoms with Gasteiger partial charge in [-0.1, -0.05) is 60.5 Å². The summed E-state index contributed by atoms with van der Waals surface area (Å²) in [4.78, 5) is 12.7. The number of phenolic OH excluding ortho intramolecular Hbond substituents is 1. The number of amides is 1. The van der Waals surface area contributed by atoms with Crippen LogP contribution in [0, 0.1) is 0 Å². The Kier molecular flexibility index (Phi) is 7.89. The van der Waals surface area contributed by atoms with Crippen molar-refractivity contribution in [2.45, 2.75) is 18.2 Å². The number of nitrogens with zero attached hydrogens (tertiary/aromatic N) is 2. The highest BCUT2D eigenvalue weighted by atomic mass is 35.5. The molecule has 0 radical (unpaired) electrons. The van der Waals surface area contributed by atoms with E-state index in [1.165, 1.54) is 31.4 Å². The number of ether oxygens (including phenoxy) is 1. The first kappa shape index (κ1) is 27.3. The third-order valence-corrected chi connectivity index (χ3v) is 7.26. The number of fused-ring (bicyclic) bond motifs is 1. The fraction of sp³-hybridized carbons (Fsp3) is 0.115. The number of phenols is 1. The van der Waals surface area contributed by atoms with Crippen molar-refractivity contribution >= 4 is 67.1 Å². The second-order valence-corrected chi connectivity index (χ2v) is 10.3. The molecule has 9 nitrogen and oxygen atoms in total. The van der Waals surface area contributed by atoms with Crippen molar-refractivity contribution in [3.63, 3.8) is 0 Å². The van der Waals surface area contributed by atoms with E-state index in [0.29, 0.717) is 39.2 Å². The number of aryl methyl sites for hydroxylation is 1. The SMILES string of the molecule is CCc1ccc(S(=O)(=O)O)c(N=Nc2c(O)c(C(=O)Nc3ccc(Cl)cc3OC)cc3ccccc23)c1Cl. The number of carbonyl (C=O) groups is 1. The molecular formula is C26H21Cl2N3O6S. The molecule has 0 aliphatic carbocycles. The Morgan fingerprint density at radius 3 is 2.42 bits per heavy atom. The normalized spacial score (nSPS) is 11.7. The summed E-state index contributed by atoms with van der Waals surface area (Å²) in [5.74, 6) is -0.863. The Hall–Kier alpha value is -3.70. The summed E-state index contributed by atoms with van der Waals surface area (Å²) < 4.78 is 38.9. The van der Waals surface area contributed by atoms with Crippen LogP contribution in [0.4, 0.5) is 17.1 Å². The quantitative estimate of drug-likeness (QED) is 0.156.